The minimum absolute atomic E-state index is 0.0277. The van der Waals surface area contributed by atoms with Crippen LogP contribution in [0.4, 0.5) is 0 Å². The summed E-state index contributed by atoms with van der Waals surface area (Å²) in [7, 11) is 1.19. The van der Waals surface area contributed by atoms with Gasteiger partial charge in [0.25, 0.3) is 0 Å². The molecule has 0 heterocycles. The van der Waals surface area contributed by atoms with Crippen molar-refractivity contribution in [1.29, 1.82) is 0 Å². The molecule has 0 spiro atoms. The molecule has 0 fully saturated rings. The fourth-order valence-electron chi connectivity index (χ4n) is 1.46. The van der Waals surface area contributed by atoms with Crippen molar-refractivity contribution in [1.82, 2.24) is 4.98 Å². The van der Waals surface area contributed by atoms with Gasteiger partial charge in [0.2, 0.25) is 0 Å². The van der Waals surface area contributed by atoms with Gasteiger partial charge in [0.05, 0.1) is 0 Å². The third-order valence-electron chi connectivity index (χ3n) is 2.61. The van der Waals surface area contributed by atoms with Crippen molar-refractivity contribution in [2.45, 2.75) is 52.1 Å². The highest BCUT2D eigenvalue weighted by atomic mass is 28.4. The molecule has 3 nitrogen and oxygen atoms in total. The van der Waals surface area contributed by atoms with Crippen molar-refractivity contribution < 1.29 is 8.85 Å². The quantitative estimate of drug-likeness (QED) is 0.720. The molecule has 4 heteroatoms. The Morgan fingerprint density at radius 1 is 1.21 bits per heavy atom. The summed E-state index contributed by atoms with van der Waals surface area (Å²) in [5.41, 5.74) is 0. The molecule has 0 aromatic rings. The zero-order chi connectivity index (χ0) is 11.4. The average Bonchev–Trinajstić information content (AvgIpc) is 2.11. The first-order valence-electron chi connectivity index (χ1n) is 5.21. The van der Waals surface area contributed by atoms with Gasteiger partial charge in [-0.3, -0.25) is 4.98 Å². The van der Waals surface area contributed by atoms with Crippen LogP contribution >= 0.6 is 0 Å². The maximum absolute atomic E-state index is 5.63. The number of rotatable bonds is 5. The molecule has 0 aromatic heterocycles. The molecular weight excluding hydrogens is 194 g/mol. The van der Waals surface area contributed by atoms with Gasteiger partial charge in [-0.25, -0.2) is 0 Å². The van der Waals surface area contributed by atoms with Crippen molar-refractivity contribution in [2.24, 2.45) is 0 Å². The summed E-state index contributed by atoms with van der Waals surface area (Å²) in [5.74, 6) is 0. The Balaban J connectivity index is 4.71. The zero-order valence-corrected chi connectivity index (χ0v) is 11.6. The predicted octanol–water partition coefficient (Wildman–Crippen LogP) is 2.41. The maximum Gasteiger partial charge on any atom is 0.430 e. The van der Waals surface area contributed by atoms with Gasteiger partial charge in [0.15, 0.2) is 0 Å². The van der Waals surface area contributed by atoms with Gasteiger partial charge in [0.1, 0.15) is 0 Å². The van der Waals surface area contributed by atoms with Crippen LogP contribution in [0.5, 0.6) is 0 Å². The summed E-state index contributed by atoms with van der Waals surface area (Å²) in [6, 6.07) is 0.431. The van der Waals surface area contributed by atoms with Gasteiger partial charge in [-0.2, -0.15) is 0 Å². The fraction of sp³-hybridized carbons (Fsp3) is 1.00. The summed E-state index contributed by atoms with van der Waals surface area (Å²) >= 11 is 0. The van der Waals surface area contributed by atoms with Crippen molar-refractivity contribution in [3.05, 3.63) is 0 Å². The van der Waals surface area contributed by atoms with E-state index in [1.807, 2.05) is 0 Å². The molecule has 0 saturated heterocycles. The summed E-state index contributed by atoms with van der Waals surface area (Å²) in [4.78, 5) is 3.51. The lowest BCUT2D eigenvalue weighted by Crippen LogP contribution is -2.63. The number of hydrogen-bond donors (Lipinski definition) is 1. The molecule has 0 radical (unpaired) electrons. The van der Waals surface area contributed by atoms with Crippen LogP contribution < -0.4 is 4.98 Å². The van der Waals surface area contributed by atoms with Crippen LogP contribution in [-0.2, 0) is 8.85 Å². The van der Waals surface area contributed by atoms with E-state index in [4.69, 9.17) is 8.85 Å². The second kappa shape index (κ2) is 5.26. The van der Waals surface area contributed by atoms with Crippen LogP contribution in [-0.4, -0.2) is 29.0 Å². The minimum atomic E-state index is -2.28. The topological polar surface area (TPSA) is 30.5 Å². The molecule has 1 unspecified atom stereocenters. The Labute approximate surface area is 89.5 Å². The number of hydrogen-bond acceptors (Lipinski definition) is 3. The van der Waals surface area contributed by atoms with Crippen molar-refractivity contribution in [3.63, 3.8) is 0 Å². The van der Waals surface area contributed by atoms with Crippen LogP contribution in [0.3, 0.4) is 0 Å². The first-order chi connectivity index (χ1) is 6.33. The summed E-state index contributed by atoms with van der Waals surface area (Å²) in [6.45, 7) is 10.8. The van der Waals surface area contributed by atoms with Gasteiger partial charge in [0, 0.05) is 25.3 Å². The molecule has 86 valence electrons. The van der Waals surface area contributed by atoms with Gasteiger partial charge in [-0.15, -0.1) is 0 Å². The van der Waals surface area contributed by atoms with Crippen LogP contribution in [0.25, 0.3) is 0 Å². The molecule has 0 aliphatic heterocycles. The van der Waals surface area contributed by atoms with Crippen molar-refractivity contribution in [2.75, 3.05) is 14.2 Å². The summed E-state index contributed by atoms with van der Waals surface area (Å²) in [6.07, 6.45) is 1.08. The molecule has 1 N–H and O–H groups in total. The van der Waals surface area contributed by atoms with E-state index in [1.165, 1.54) is 0 Å². The molecule has 14 heavy (non-hydrogen) atoms. The highest BCUT2D eigenvalue weighted by Crippen LogP contribution is 2.35. The molecular formula is C10H25NO2Si. The van der Waals surface area contributed by atoms with Crippen LogP contribution in [0.1, 0.15) is 41.0 Å². The van der Waals surface area contributed by atoms with Crippen LogP contribution in [0.2, 0.25) is 5.04 Å². The minimum Gasteiger partial charge on any atom is -0.386 e. The van der Waals surface area contributed by atoms with Gasteiger partial charge >= 0.3 is 8.72 Å². The Hall–Kier alpha value is 0.0969. The molecule has 0 aliphatic carbocycles. The highest BCUT2D eigenvalue weighted by Gasteiger charge is 2.49. The molecule has 0 rings (SSSR count). The first-order valence-corrected chi connectivity index (χ1v) is 7.02. The lowest BCUT2D eigenvalue weighted by Gasteiger charge is -2.40. The molecule has 1 atom stereocenters. The van der Waals surface area contributed by atoms with E-state index in [0.717, 1.165) is 6.42 Å². The normalized spacial score (nSPS) is 15.6. The standard InChI is InChI=1S/C10H25NO2Si/c1-8-9(2)11-14(12-6,13-7)10(3,4)5/h9,11H,8H2,1-7H3. The van der Waals surface area contributed by atoms with Crippen LogP contribution in [0, 0.1) is 0 Å². The van der Waals surface area contributed by atoms with E-state index in [9.17, 15) is 0 Å². The first kappa shape index (κ1) is 14.1. The fourth-order valence-corrected chi connectivity index (χ4v) is 4.37. The van der Waals surface area contributed by atoms with Gasteiger partial charge < -0.3 is 8.85 Å². The Morgan fingerprint density at radius 3 is 1.86 bits per heavy atom. The lowest BCUT2D eigenvalue weighted by atomic mass is 10.2. The molecule has 0 aliphatic rings. The van der Waals surface area contributed by atoms with Crippen molar-refractivity contribution in [3.8, 4) is 0 Å². The largest absolute Gasteiger partial charge is 0.430 e. The average molecular weight is 219 g/mol. The molecule has 0 amide bonds. The summed E-state index contributed by atoms with van der Waals surface area (Å²) in [5, 5.41) is 0.0277. The van der Waals surface area contributed by atoms with E-state index in [2.05, 4.69) is 39.6 Å². The lowest BCUT2D eigenvalue weighted by molar-refractivity contribution is 0.194. The number of nitrogens with one attached hydrogen (secondary N) is 1. The third-order valence-corrected chi connectivity index (χ3v) is 6.61. The van der Waals surface area contributed by atoms with Crippen molar-refractivity contribution >= 4 is 8.72 Å². The van der Waals surface area contributed by atoms with Crippen LogP contribution in [0.15, 0.2) is 0 Å². The van der Waals surface area contributed by atoms with E-state index in [1.54, 1.807) is 14.2 Å². The van der Waals surface area contributed by atoms with E-state index in [-0.39, 0.29) is 5.04 Å². The van der Waals surface area contributed by atoms with E-state index >= 15 is 0 Å². The Bertz CT molecular complexity index is 164. The van der Waals surface area contributed by atoms with Gasteiger partial charge in [-0.05, 0) is 6.42 Å². The Kier molecular flexibility index (Phi) is 5.29. The smallest absolute Gasteiger partial charge is 0.386 e. The SMILES string of the molecule is CCC(C)N[Si](OC)(OC)C(C)(C)C. The zero-order valence-electron chi connectivity index (χ0n) is 10.6. The van der Waals surface area contributed by atoms with E-state index in [0.29, 0.717) is 6.04 Å². The summed E-state index contributed by atoms with van der Waals surface area (Å²) < 4.78 is 11.3. The monoisotopic (exact) mass is 219 g/mol. The molecule has 0 bridgehead atoms. The van der Waals surface area contributed by atoms with E-state index < -0.39 is 8.72 Å². The second-order valence-corrected chi connectivity index (χ2v) is 8.57. The Morgan fingerprint density at radius 2 is 1.64 bits per heavy atom. The third kappa shape index (κ3) is 3.05. The molecule has 0 saturated carbocycles. The van der Waals surface area contributed by atoms with Gasteiger partial charge in [-0.1, -0.05) is 34.6 Å². The molecule has 0 aromatic carbocycles. The highest BCUT2D eigenvalue weighted by molar-refractivity contribution is 6.67. The second-order valence-electron chi connectivity index (χ2n) is 4.73. The maximum atomic E-state index is 5.63. The predicted molar refractivity (Wildman–Crippen MR) is 62.4 cm³/mol.